The third-order valence-electron chi connectivity index (χ3n) is 4.24. The van der Waals surface area contributed by atoms with Crippen molar-refractivity contribution in [1.29, 1.82) is 0 Å². The summed E-state index contributed by atoms with van der Waals surface area (Å²) in [6, 6.07) is 13.5. The maximum absolute atomic E-state index is 12.1. The van der Waals surface area contributed by atoms with Gasteiger partial charge in [0.2, 0.25) is 0 Å². The molecule has 0 aromatic heterocycles. The third kappa shape index (κ3) is 7.99. The van der Waals surface area contributed by atoms with E-state index >= 15 is 0 Å². The molecule has 6 nitrogen and oxygen atoms in total. The van der Waals surface area contributed by atoms with Gasteiger partial charge >= 0.3 is 5.97 Å². The molecule has 0 aliphatic heterocycles. The fourth-order valence-electron chi connectivity index (χ4n) is 2.38. The summed E-state index contributed by atoms with van der Waals surface area (Å²) in [5.74, 6) is -0.674. The summed E-state index contributed by atoms with van der Waals surface area (Å²) in [7, 11) is 0. The van der Waals surface area contributed by atoms with Gasteiger partial charge in [0.05, 0.1) is 0 Å². The molecule has 2 N–H and O–H groups in total. The fourth-order valence-corrected chi connectivity index (χ4v) is 3.15. The highest BCUT2D eigenvalue weighted by Crippen LogP contribution is 2.17. The number of amides is 2. The van der Waals surface area contributed by atoms with Gasteiger partial charge in [-0.05, 0) is 56.2 Å². The highest BCUT2D eigenvalue weighted by atomic mass is 32.2. The summed E-state index contributed by atoms with van der Waals surface area (Å²) in [5.41, 5.74) is 3.76. The average Bonchev–Trinajstić information content (AvgIpc) is 2.71. The van der Waals surface area contributed by atoms with E-state index in [2.05, 4.69) is 10.6 Å². The Balaban J connectivity index is 1.60. The predicted molar refractivity (Wildman–Crippen MR) is 114 cm³/mol. The first-order valence-corrected chi connectivity index (χ1v) is 10.3. The Bertz CT molecular complexity index is 866. The topological polar surface area (TPSA) is 84.5 Å². The van der Waals surface area contributed by atoms with Crippen LogP contribution in [0.15, 0.2) is 47.4 Å². The summed E-state index contributed by atoms with van der Waals surface area (Å²) >= 11 is 1.64. The Hall–Kier alpha value is -2.80. The number of carbonyl (C=O) groups excluding carboxylic acids is 3. The maximum Gasteiger partial charge on any atom is 0.325 e. The summed E-state index contributed by atoms with van der Waals surface area (Å²) in [4.78, 5) is 36.7. The van der Waals surface area contributed by atoms with Gasteiger partial charge in [0, 0.05) is 22.8 Å². The molecule has 154 valence electrons. The molecule has 2 amide bonds. The molecule has 0 bridgehead atoms. The molecule has 0 unspecified atom stereocenters. The summed E-state index contributed by atoms with van der Waals surface area (Å²) < 4.78 is 4.89. The standard InChI is InChI=1S/C22H26N2O4S/c1-15-4-8-19(9-5-15)29-11-10-23-20(25)14-28-21(26)13-24-22(27)18-7-6-16(2)17(3)12-18/h4-9,12H,10-11,13-14H2,1-3H3,(H,23,25)(H,24,27). The molecule has 0 aliphatic carbocycles. The zero-order valence-corrected chi connectivity index (χ0v) is 17.7. The SMILES string of the molecule is Cc1ccc(SCCNC(=O)COC(=O)CNC(=O)c2ccc(C)c(C)c2)cc1. The lowest BCUT2D eigenvalue weighted by Crippen LogP contribution is -2.34. The second-order valence-corrected chi connectivity index (χ2v) is 7.82. The van der Waals surface area contributed by atoms with Crippen molar-refractivity contribution in [2.24, 2.45) is 0 Å². The van der Waals surface area contributed by atoms with Crippen LogP contribution in [0.2, 0.25) is 0 Å². The van der Waals surface area contributed by atoms with Gasteiger partial charge in [0.15, 0.2) is 6.61 Å². The number of aryl methyl sites for hydroxylation is 3. The number of esters is 1. The van der Waals surface area contributed by atoms with Gasteiger partial charge in [-0.25, -0.2) is 0 Å². The second-order valence-electron chi connectivity index (χ2n) is 6.65. The van der Waals surface area contributed by atoms with Crippen LogP contribution >= 0.6 is 11.8 Å². The molecular formula is C22H26N2O4S. The molecule has 7 heteroatoms. The highest BCUT2D eigenvalue weighted by Gasteiger charge is 2.11. The van der Waals surface area contributed by atoms with Crippen LogP contribution in [-0.4, -0.2) is 43.2 Å². The van der Waals surface area contributed by atoms with Gasteiger partial charge < -0.3 is 15.4 Å². The summed E-state index contributed by atoms with van der Waals surface area (Å²) in [6.07, 6.45) is 0. The van der Waals surface area contributed by atoms with Crippen LogP contribution in [-0.2, 0) is 14.3 Å². The van der Waals surface area contributed by atoms with E-state index in [0.717, 1.165) is 21.8 Å². The number of nitrogens with one attached hydrogen (secondary N) is 2. The minimum atomic E-state index is -0.661. The van der Waals surface area contributed by atoms with Crippen LogP contribution in [0.5, 0.6) is 0 Å². The molecule has 0 saturated heterocycles. The zero-order chi connectivity index (χ0) is 21.2. The van der Waals surface area contributed by atoms with Gasteiger partial charge in [-0.2, -0.15) is 0 Å². The minimum absolute atomic E-state index is 0.289. The number of carbonyl (C=O) groups is 3. The molecule has 2 aromatic carbocycles. The lowest BCUT2D eigenvalue weighted by atomic mass is 10.1. The van der Waals surface area contributed by atoms with Crippen molar-refractivity contribution in [3.05, 3.63) is 64.7 Å². The summed E-state index contributed by atoms with van der Waals surface area (Å²) in [5, 5.41) is 5.19. The number of thioether (sulfide) groups is 1. The monoisotopic (exact) mass is 414 g/mol. The number of ether oxygens (including phenoxy) is 1. The second kappa shape index (κ2) is 11.3. The van der Waals surface area contributed by atoms with Crippen LogP contribution < -0.4 is 10.6 Å². The number of benzene rings is 2. The lowest BCUT2D eigenvalue weighted by Gasteiger charge is -2.08. The van der Waals surface area contributed by atoms with E-state index in [-0.39, 0.29) is 25.0 Å². The Labute approximate surface area is 175 Å². The van der Waals surface area contributed by atoms with Crippen molar-refractivity contribution in [1.82, 2.24) is 10.6 Å². The van der Waals surface area contributed by atoms with Crippen molar-refractivity contribution in [3.8, 4) is 0 Å². The Morgan fingerprint density at radius 3 is 2.34 bits per heavy atom. The molecule has 0 atom stereocenters. The average molecular weight is 415 g/mol. The molecule has 0 spiro atoms. The van der Waals surface area contributed by atoms with Crippen molar-refractivity contribution >= 4 is 29.5 Å². The van der Waals surface area contributed by atoms with E-state index in [1.54, 1.807) is 23.9 Å². The van der Waals surface area contributed by atoms with Gasteiger partial charge in [-0.15, -0.1) is 11.8 Å². The Kier molecular flexibility index (Phi) is 8.73. The van der Waals surface area contributed by atoms with Gasteiger partial charge in [-0.3, -0.25) is 14.4 Å². The van der Waals surface area contributed by atoms with Crippen LogP contribution in [0.4, 0.5) is 0 Å². The molecule has 0 heterocycles. The quantitative estimate of drug-likeness (QED) is 0.374. The van der Waals surface area contributed by atoms with Crippen LogP contribution in [0.1, 0.15) is 27.0 Å². The minimum Gasteiger partial charge on any atom is -0.454 e. The van der Waals surface area contributed by atoms with Gasteiger partial charge in [0.1, 0.15) is 6.54 Å². The van der Waals surface area contributed by atoms with E-state index in [0.29, 0.717) is 12.1 Å². The smallest absolute Gasteiger partial charge is 0.325 e. The third-order valence-corrected chi connectivity index (χ3v) is 5.25. The molecule has 0 saturated carbocycles. The zero-order valence-electron chi connectivity index (χ0n) is 16.9. The predicted octanol–water partition coefficient (Wildman–Crippen LogP) is 2.79. The van der Waals surface area contributed by atoms with Gasteiger partial charge in [0.25, 0.3) is 11.8 Å². The van der Waals surface area contributed by atoms with E-state index < -0.39 is 5.97 Å². The van der Waals surface area contributed by atoms with Crippen LogP contribution in [0.25, 0.3) is 0 Å². The molecule has 29 heavy (non-hydrogen) atoms. The van der Waals surface area contributed by atoms with Crippen LogP contribution in [0.3, 0.4) is 0 Å². The molecule has 0 radical (unpaired) electrons. The fraction of sp³-hybridized carbons (Fsp3) is 0.318. The molecule has 2 aromatic rings. The van der Waals surface area contributed by atoms with Crippen molar-refractivity contribution in [2.45, 2.75) is 25.7 Å². The first-order chi connectivity index (χ1) is 13.8. The van der Waals surface area contributed by atoms with E-state index in [9.17, 15) is 14.4 Å². The highest BCUT2D eigenvalue weighted by molar-refractivity contribution is 7.99. The summed E-state index contributed by atoms with van der Waals surface area (Å²) in [6.45, 7) is 5.72. The molecule has 2 rings (SSSR count). The van der Waals surface area contributed by atoms with Crippen LogP contribution in [0, 0.1) is 20.8 Å². The first-order valence-electron chi connectivity index (χ1n) is 9.32. The maximum atomic E-state index is 12.1. The Morgan fingerprint density at radius 1 is 0.931 bits per heavy atom. The first kappa shape index (κ1) is 22.5. The Morgan fingerprint density at radius 2 is 1.66 bits per heavy atom. The van der Waals surface area contributed by atoms with E-state index in [4.69, 9.17) is 4.74 Å². The number of rotatable bonds is 9. The van der Waals surface area contributed by atoms with Crippen molar-refractivity contribution in [3.63, 3.8) is 0 Å². The van der Waals surface area contributed by atoms with Crippen molar-refractivity contribution < 1.29 is 19.1 Å². The lowest BCUT2D eigenvalue weighted by molar-refractivity contribution is -0.147. The van der Waals surface area contributed by atoms with E-state index in [1.165, 1.54) is 5.56 Å². The van der Waals surface area contributed by atoms with E-state index in [1.807, 2.05) is 51.1 Å². The number of hydrogen-bond donors (Lipinski definition) is 2. The number of hydrogen-bond acceptors (Lipinski definition) is 5. The largest absolute Gasteiger partial charge is 0.454 e. The van der Waals surface area contributed by atoms with Crippen molar-refractivity contribution in [2.75, 3.05) is 25.4 Å². The normalized spacial score (nSPS) is 10.3. The molecule has 0 fully saturated rings. The molecule has 0 aliphatic rings. The molecular weight excluding hydrogens is 388 g/mol. The van der Waals surface area contributed by atoms with Gasteiger partial charge in [-0.1, -0.05) is 23.8 Å².